The van der Waals surface area contributed by atoms with Gasteiger partial charge in [-0.15, -0.1) is 0 Å². The minimum absolute atomic E-state index is 1.75. The molecule has 0 aromatic heterocycles. The Hall–Kier alpha value is 0.00948. The van der Waals surface area contributed by atoms with Gasteiger partial charge in [0.05, 0.1) is 0 Å². The average Bonchev–Trinajstić information content (AvgIpc) is 1.76. The van der Waals surface area contributed by atoms with E-state index in [1.54, 1.807) is 4.97 Å². The van der Waals surface area contributed by atoms with Crippen molar-refractivity contribution in [3.63, 3.8) is 0 Å². The summed E-state index contributed by atoms with van der Waals surface area (Å²) in [5, 5.41) is 0. The van der Waals surface area contributed by atoms with Gasteiger partial charge in [0.2, 0.25) is 0 Å². The van der Waals surface area contributed by atoms with Crippen molar-refractivity contribution in [3.05, 3.63) is 23.2 Å². The van der Waals surface area contributed by atoms with Crippen LogP contribution in [-0.2, 0) is 16.0 Å². The van der Waals surface area contributed by atoms with Crippen LogP contribution in [0.15, 0.2) is 23.2 Å². The number of hydrogen-bond acceptors (Lipinski definition) is 0. The van der Waals surface area contributed by atoms with E-state index in [1.807, 2.05) is 25.2 Å². The molecule has 0 unspecified atom stereocenters. The Balaban J connectivity index is 0. The molecule has 82 valence electrons. The zero-order chi connectivity index (χ0) is 11.2. The first-order valence-corrected chi connectivity index (χ1v) is 5.46. The molecule has 0 saturated heterocycles. The fraction of sp³-hybridized carbons (Fsp3) is 0.200. The maximum atomic E-state index is 9.87. The zero-order valence-corrected chi connectivity index (χ0v) is 8.38. The first-order valence-electron chi connectivity index (χ1n) is 2.80. The Labute approximate surface area is 79.7 Å². The van der Waals surface area contributed by atoms with Crippen molar-refractivity contribution in [1.82, 2.24) is 0 Å². The van der Waals surface area contributed by atoms with Crippen LogP contribution in [0, 0.1) is 0 Å². The molecule has 0 amide bonds. The molecule has 0 spiro atoms. The molecule has 0 nitrogen and oxygen atoms in total. The normalized spacial score (nSPS) is 17.8. The second kappa shape index (κ2) is 4.03. The van der Waals surface area contributed by atoms with Gasteiger partial charge >= 0.3 is 79.1 Å². The fourth-order valence-electron chi connectivity index (χ4n) is 0.150. The van der Waals surface area contributed by atoms with Gasteiger partial charge in [-0.3, -0.25) is 0 Å². The van der Waals surface area contributed by atoms with Crippen molar-refractivity contribution >= 4 is 7.81 Å². The van der Waals surface area contributed by atoms with Crippen molar-refractivity contribution in [3.8, 4) is 0 Å². The van der Waals surface area contributed by atoms with Gasteiger partial charge in [-0.05, 0) is 0 Å². The van der Waals surface area contributed by atoms with E-state index in [2.05, 4.69) is 16.0 Å². The van der Waals surface area contributed by atoms with Crippen LogP contribution in [0.4, 0.5) is 25.2 Å². The summed E-state index contributed by atoms with van der Waals surface area (Å²) in [6, 6.07) is 0. The van der Waals surface area contributed by atoms with Gasteiger partial charge in [-0.1, -0.05) is 0 Å². The molecule has 0 aromatic rings. The van der Waals surface area contributed by atoms with Crippen LogP contribution in [0.1, 0.15) is 6.92 Å². The van der Waals surface area contributed by atoms with E-state index >= 15 is 0 Å². The molecule has 0 aliphatic carbocycles. The minimum atomic E-state index is -10.7. The number of rotatable bonds is 1. The molecule has 0 aliphatic rings. The van der Waals surface area contributed by atoms with E-state index in [9.17, 15) is 25.2 Å². The molecule has 13 heavy (non-hydrogen) atoms. The van der Waals surface area contributed by atoms with Gasteiger partial charge in [-0.25, -0.2) is 0 Å². The second-order valence-corrected chi connectivity index (χ2v) is 4.08. The van der Waals surface area contributed by atoms with Crippen molar-refractivity contribution in [2.24, 2.45) is 0 Å². The predicted octanol–water partition coefficient (Wildman–Crippen LogP) is 5.01. The molecule has 0 atom stereocenters. The third kappa shape index (κ3) is 133. The van der Waals surface area contributed by atoms with E-state index in [0.29, 0.717) is 0 Å². The summed E-state index contributed by atoms with van der Waals surface area (Å²) in [5.41, 5.74) is 0. The van der Waals surface area contributed by atoms with Crippen LogP contribution in [0.25, 0.3) is 0 Å². The van der Waals surface area contributed by atoms with Crippen molar-refractivity contribution in [2.75, 3.05) is 0 Å². The molecular weight excluding hydrogens is 261 g/mol. The Morgan fingerprint density at radius 1 is 0.923 bits per heavy atom. The Bertz CT molecular complexity index is 177. The summed E-state index contributed by atoms with van der Waals surface area (Å²) in [5.74, 6) is 0. The van der Waals surface area contributed by atoms with Gasteiger partial charge in [-0.2, -0.15) is 0 Å². The average molecular weight is 268 g/mol. The molecule has 0 heterocycles. The van der Waals surface area contributed by atoms with Crippen molar-refractivity contribution in [1.29, 1.82) is 0 Å². The number of halogens is 6. The van der Waals surface area contributed by atoms with Crippen molar-refractivity contribution in [2.45, 2.75) is 6.92 Å². The van der Waals surface area contributed by atoms with E-state index in [1.165, 1.54) is 0 Å². The van der Waals surface area contributed by atoms with Crippen LogP contribution in [0.3, 0.4) is 0 Å². The Morgan fingerprint density at radius 3 is 1.31 bits per heavy atom. The summed E-state index contributed by atoms with van der Waals surface area (Å²) >= 11 is 3.49. The molecule has 0 aliphatic heterocycles. The van der Waals surface area contributed by atoms with E-state index in [4.69, 9.17) is 0 Å². The third-order valence-corrected chi connectivity index (χ3v) is 0.584. The first-order chi connectivity index (χ1) is 5.36. The van der Waals surface area contributed by atoms with Crippen LogP contribution in [0.5, 0.6) is 0 Å². The number of hydrogen-bond donors (Lipinski definition) is 0. The summed E-state index contributed by atoms with van der Waals surface area (Å²) in [6.07, 6.45) is 5.79. The SMILES string of the molecule is CC=CC=[CH][Fe+].F[P-](F)(F)(F)(F)F. The quantitative estimate of drug-likeness (QED) is 0.271. The molecule has 0 radical (unpaired) electrons. The van der Waals surface area contributed by atoms with Gasteiger partial charge < -0.3 is 0 Å². The van der Waals surface area contributed by atoms with E-state index < -0.39 is 7.81 Å². The molecular formula is C5H7F6FeP. The van der Waals surface area contributed by atoms with Crippen LogP contribution in [0.2, 0.25) is 0 Å². The van der Waals surface area contributed by atoms with E-state index in [-0.39, 0.29) is 0 Å². The summed E-state index contributed by atoms with van der Waals surface area (Å²) in [7, 11) is -10.7. The topological polar surface area (TPSA) is 0 Å². The van der Waals surface area contributed by atoms with Crippen LogP contribution >= 0.6 is 7.81 Å². The molecule has 0 rings (SSSR count). The summed E-state index contributed by atoms with van der Waals surface area (Å²) < 4.78 is 59.2. The first kappa shape index (κ1) is 15.5. The van der Waals surface area contributed by atoms with Gasteiger partial charge in [0.15, 0.2) is 0 Å². The number of allylic oxidation sites excluding steroid dienone is 3. The molecule has 0 aromatic carbocycles. The zero-order valence-electron chi connectivity index (χ0n) is 6.38. The summed E-state index contributed by atoms with van der Waals surface area (Å²) in [4.78, 5) is 1.75. The van der Waals surface area contributed by atoms with Gasteiger partial charge in [0.25, 0.3) is 0 Å². The van der Waals surface area contributed by atoms with Gasteiger partial charge in [0, 0.05) is 0 Å². The summed E-state index contributed by atoms with van der Waals surface area (Å²) in [6.45, 7) is 1.97. The standard InChI is InChI=1S/C5H7.F6P.Fe/c1-3-5-4-2;1-7(2,3,4,5)6;/h1,3-5H,2H3;;/q;-1;+1. The van der Waals surface area contributed by atoms with Crippen LogP contribution < -0.4 is 0 Å². The molecule has 8 heteroatoms. The maximum absolute atomic E-state index is 10.7. The molecule has 0 fully saturated rings. The predicted molar refractivity (Wildman–Crippen MR) is 37.5 cm³/mol. The van der Waals surface area contributed by atoms with Crippen molar-refractivity contribution < 1.29 is 41.2 Å². The monoisotopic (exact) mass is 268 g/mol. The van der Waals surface area contributed by atoms with Crippen LogP contribution in [-0.4, -0.2) is 0 Å². The molecule has 0 bridgehead atoms. The van der Waals surface area contributed by atoms with Gasteiger partial charge in [0.1, 0.15) is 0 Å². The third-order valence-electron chi connectivity index (χ3n) is 0.372. The fourth-order valence-corrected chi connectivity index (χ4v) is 0.273. The Morgan fingerprint density at radius 2 is 1.23 bits per heavy atom. The second-order valence-electron chi connectivity index (χ2n) is 1.79. The van der Waals surface area contributed by atoms with E-state index in [0.717, 1.165) is 0 Å². The molecule has 0 N–H and O–H groups in total. The Kier molecular flexibility index (Phi) is 4.80. The molecule has 0 saturated carbocycles.